The van der Waals surface area contributed by atoms with E-state index in [1.807, 2.05) is 0 Å². The van der Waals surface area contributed by atoms with Crippen LogP contribution in [0.2, 0.25) is 0 Å². The van der Waals surface area contributed by atoms with Crippen molar-refractivity contribution in [2.75, 3.05) is 0 Å². The van der Waals surface area contributed by atoms with E-state index in [0.29, 0.717) is 0 Å². The van der Waals surface area contributed by atoms with Gasteiger partial charge < -0.3 is 0 Å². The van der Waals surface area contributed by atoms with Gasteiger partial charge in [-0.2, -0.15) is 0 Å². The zero-order valence-corrected chi connectivity index (χ0v) is 5.96. The summed E-state index contributed by atoms with van der Waals surface area (Å²) < 4.78 is 23.2. The molecule has 0 spiro atoms. The van der Waals surface area contributed by atoms with Crippen molar-refractivity contribution < 1.29 is 33.6 Å². The second kappa shape index (κ2) is 10.6. The maximum absolute atomic E-state index is 8.81. The van der Waals surface area contributed by atoms with Crippen LogP contribution in [0.3, 0.4) is 0 Å². The summed E-state index contributed by atoms with van der Waals surface area (Å²) in [6, 6.07) is 0. The fourth-order valence-electron chi connectivity index (χ4n) is 0. The summed E-state index contributed by atoms with van der Waals surface area (Å²) in [5, 5.41) is 0. The van der Waals surface area contributed by atoms with Crippen molar-refractivity contribution in [3.8, 4) is 0 Å². The summed E-state index contributed by atoms with van der Waals surface area (Å²) >= 11 is -3.58. The van der Waals surface area contributed by atoms with Gasteiger partial charge in [-0.05, 0) is 0 Å². The average Bonchev–Trinajstić information content (AvgIpc) is 0.811. The molecule has 3 nitrogen and oxygen atoms in total. The van der Waals surface area contributed by atoms with Gasteiger partial charge in [-0.1, -0.05) is 0 Å². The summed E-state index contributed by atoms with van der Waals surface area (Å²) in [4.78, 5) is 0. The van der Waals surface area contributed by atoms with Crippen molar-refractivity contribution in [1.82, 2.24) is 0 Å². The first-order chi connectivity index (χ1) is 1.73. The van der Waals surface area contributed by atoms with Gasteiger partial charge in [-0.15, -0.1) is 0 Å². The zero-order chi connectivity index (χ0) is 3.58. The molecule has 0 heterocycles. The third-order valence-electron chi connectivity index (χ3n) is 0. The zero-order valence-electron chi connectivity index (χ0n) is 2.30. The third-order valence-corrected chi connectivity index (χ3v) is 0. The molecule has 0 unspecified atom stereocenters. The van der Waals surface area contributed by atoms with E-state index in [1.165, 1.54) is 0 Å². The number of rotatable bonds is 0. The maximum atomic E-state index is 8.81. The van der Waals surface area contributed by atoms with Crippen LogP contribution in [-0.2, 0) is 25.5 Å². The van der Waals surface area contributed by atoms with Gasteiger partial charge in [0.15, 0.2) is 0 Å². The van der Waals surface area contributed by atoms with Crippen LogP contribution in [0.1, 0.15) is 0 Å². The van der Waals surface area contributed by atoms with E-state index < -0.39 is 15.3 Å². The number of hydrogen-bond acceptors (Lipinski definition) is 1. The Morgan fingerprint density at radius 1 is 1.33 bits per heavy atom. The Bertz CT molecular complexity index is 33.8. The average molecular weight is 214 g/mol. The van der Waals surface area contributed by atoms with E-state index in [0.717, 1.165) is 0 Å². The van der Waals surface area contributed by atoms with Crippen LogP contribution in [0.15, 0.2) is 0 Å². The fourth-order valence-corrected chi connectivity index (χ4v) is 0. The molecule has 0 amide bonds. The molecule has 0 bridgehead atoms. The molecule has 0 aliphatic carbocycles. The molecule has 0 aromatic carbocycles. The normalized spacial score (nSPS) is 5.83. The largest absolute Gasteiger partial charge is 0 e. The van der Waals surface area contributed by atoms with Gasteiger partial charge in [0.2, 0.25) is 0 Å². The molecule has 0 saturated carbocycles. The molecule has 0 aliphatic rings. The first-order valence-electron chi connectivity index (χ1n) is 0.651. The Morgan fingerprint density at radius 3 is 1.33 bits per heavy atom. The fraction of sp³-hybridized carbons (Fsp3) is 0. The van der Waals surface area contributed by atoms with E-state index in [2.05, 4.69) is 0 Å². The molecule has 0 aliphatic heterocycles. The maximum Gasteiger partial charge on any atom is 0 e. The minimum absolute atomic E-state index is 0. The molecule has 6 heteroatoms. The molecule has 0 saturated heterocycles. The van der Waals surface area contributed by atoms with E-state index in [1.54, 1.807) is 0 Å². The summed E-state index contributed by atoms with van der Waals surface area (Å²) in [6.45, 7) is 0. The first-order valence-corrected chi connectivity index (χ1v) is 3.38. The Labute approximate surface area is 98.0 Å². The van der Waals surface area contributed by atoms with Crippen molar-refractivity contribution in [3.63, 3.8) is 0 Å². The van der Waals surface area contributed by atoms with Gasteiger partial charge in [-0.25, -0.2) is 0 Å². The Morgan fingerprint density at radius 2 is 1.33 bits per heavy atom. The van der Waals surface area contributed by atoms with Crippen LogP contribution in [0.4, 0.5) is 0 Å². The quantitative estimate of drug-likeness (QED) is 0.437. The van der Waals surface area contributed by atoms with Crippen LogP contribution in [0.5, 0.6) is 0 Å². The Hall–Kier alpha value is 2.63. The molecular weight excluding hydrogens is 210 g/mol. The van der Waals surface area contributed by atoms with Crippen LogP contribution in [0, 0.1) is 0 Å². The summed E-state index contributed by atoms with van der Waals surface area (Å²) in [5.74, 6) is 0. The minimum Gasteiger partial charge on any atom is 0 e. The molecule has 0 fully saturated rings. The SMILES string of the molecule is O=[AsH](O)O.[KH].[Ti]. The Kier molecular flexibility index (Phi) is 28.0. The van der Waals surface area contributed by atoms with Gasteiger partial charge in [0, 0.05) is 21.7 Å². The predicted octanol–water partition coefficient (Wildman–Crippen LogP) is -2.53. The molecule has 0 radical (unpaired) electrons. The van der Waals surface area contributed by atoms with Gasteiger partial charge in [-0.3, -0.25) is 0 Å². The van der Waals surface area contributed by atoms with Crippen LogP contribution in [-0.4, -0.2) is 74.8 Å². The van der Waals surface area contributed by atoms with Crippen LogP contribution < -0.4 is 0 Å². The second-order valence-corrected chi connectivity index (χ2v) is 1.47. The molecule has 0 atom stereocenters. The van der Waals surface area contributed by atoms with Crippen molar-refractivity contribution in [3.05, 3.63) is 0 Å². The Balaban J connectivity index is -0.0000000450. The summed E-state index contributed by atoms with van der Waals surface area (Å²) in [7, 11) is 0. The predicted molar refractivity (Wildman–Crippen MR) is 19.4 cm³/mol. The molecule has 32 valence electrons. The molecule has 6 heavy (non-hydrogen) atoms. The van der Waals surface area contributed by atoms with Gasteiger partial charge >= 0.3 is 78.6 Å². The van der Waals surface area contributed by atoms with Gasteiger partial charge in [0.25, 0.3) is 0 Å². The van der Waals surface area contributed by atoms with Crippen LogP contribution in [0.25, 0.3) is 0 Å². The minimum atomic E-state index is -3.58. The van der Waals surface area contributed by atoms with Gasteiger partial charge in [0.1, 0.15) is 0 Å². The standard InChI is InChI=1S/AsH3O3.K.Ti.H/c2-1(3)4;;;/h1H,(H2,2,3,4);;;. The van der Waals surface area contributed by atoms with E-state index >= 15 is 0 Å². The first kappa shape index (κ1) is 15.9. The monoisotopic (exact) mass is 214 g/mol. The van der Waals surface area contributed by atoms with Gasteiger partial charge in [0.05, 0.1) is 0 Å². The van der Waals surface area contributed by atoms with E-state index in [4.69, 9.17) is 11.9 Å². The van der Waals surface area contributed by atoms with Crippen molar-refractivity contribution in [2.24, 2.45) is 0 Å². The summed E-state index contributed by atoms with van der Waals surface area (Å²) in [5.41, 5.74) is 0. The van der Waals surface area contributed by atoms with E-state index in [-0.39, 0.29) is 73.1 Å². The molecule has 2 N–H and O–H groups in total. The van der Waals surface area contributed by atoms with Crippen LogP contribution >= 0.6 is 0 Å². The number of hydrogen-bond donors (Lipinski definition) is 2. The van der Waals surface area contributed by atoms with E-state index in [9.17, 15) is 0 Å². The third kappa shape index (κ3) is 30.4. The second-order valence-electron chi connectivity index (χ2n) is 0.283. The molecule has 0 aromatic heterocycles. The molecule has 0 rings (SSSR count). The van der Waals surface area contributed by atoms with Crippen molar-refractivity contribution in [2.45, 2.75) is 0 Å². The molecular formula is H4AsKO3Ti. The molecule has 0 aromatic rings. The summed E-state index contributed by atoms with van der Waals surface area (Å²) in [6.07, 6.45) is 0. The van der Waals surface area contributed by atoms with Crippen molar-refractivity contribution in [1.29, 1.82) is 0 Å². The van der Waals surface area contributed by atoms with Crippen molar-refractivity contribution >= 4 is 66.7 Å². The smallest absolute Gasteiger partial charge is 0 e. The topological polar surface area (TPSA) is 57.5 Å².